The van der Waals surface area contributed by atoms with E-state index in [1.807, 2.05) is 34.6 Å². The van der Waals surface area contributed by atoms with E-state index < -0.39 is 11.6 Å². The number of hydrogen-bond acceptors (Lipinski definition) is 5. The van der Waals surface area contributed by atoms with Gasteiger partial charge in [-0.2, -0.15) is 5.10 Å². The molecule has 0 saturated carbocycles. The van der Waals surface area contributed by atoms with Gasteiger partial charge >= 0.3 is 12.1 Å². The summed E-state index contributed by atoms with van der Waals surface area (Å²) in [6.07, 6.45) is 0.166. The van der Waals surface area contributed by atoms with Crippen molar-refractivity contribution in [1.29, 1.82) is 0 Å². The molecule has 1 aliphatic heterocycles. The highest BCUT2D eigenvalue weighted by atomic mass is 16.6. The molecule has 7 heteroatoms. The number of hydrogen-bond donors (Lipinski definition) is 1. The highest BCUT2D eigenvalue weighted by Gasteiger charge is 2.39. The van der Waals surface area contributed by atoms with Crippen molar-refractivity contribution in [1.82, 2.24) is 15.1 Å². The summed E-state index contributed by atoms with van der Waals surface area (Å²) >= 11 is 0. The molecular formula is C16H25N3O4. The molecule has 1 aliphatic rings. The normalized spacial score (nSPS) is 20.9. The Labute approximate surface area is 136 Å². The molecule has 2 atom stereocenters. The summed E-state index contributed by atoms with van der Waals surface area (Å²) in [5.41, 5.74) is 1.34. The van der Waals surface area contributed by atoms with E-state index in [4.69, 9.17) is 9.47 Å². The monoisotopic (exact) mass is 323 g/mol. The third kappa shape index (κ3) is 3.48. The average Bonchev–Trinajstić information content (AvgIpc) is 2.80. The van der Waals surface area contributed by atoms with Crippen molar-refractivity contribution < 1.29 is 19.1 Å². The van der Waals surface area contributed by atoms with E-state index in [0.717, 1.165) is 11.3 Å². The third-order valence-electron chi connectivity index (χ3n) is 3.78. The van der Waals surface area contributed by atoms with Gasteiger partial charge in [0, 0.05) is 11.6 Å². The standard InChI is InChI=1S/C16H25N3O4/c1-7-22-14(20)13-11-8-9(2)19(10(3)12(11)17-18-13)15(21)23-16(4,5)6/h9-10H,7-8H2,1-6H3,(H,17,18)/t9-,10+/m1/s1. The average molecular weight is 323 g/mol. The van der Waals surface area contributed by atoms with Crippen molar-refractivity contribution in [2.45, 2.75) is 65.6 Å². The van der Waals surface area contributed by atoms with Gasteiger partial charge in [0.25, 0.3) is 0 Å². The lowest BCUT2D eigenvalue weighted by Crippen LogP contribution is -2.47. The van der Waals surface area contributed by atoms with E-state index in [0.29, 0.717) is 18.7 Å². The molecular weight excluding hydrogens is 298 g/mol. The van der Waals surface area contributed by atoms with Crippen LogP contribution in [0.4, 0.5) is 4.79 Å². The Morgan fingerprint density at radius 1 is 1.35 bits per heavy atom. The Morgan fingerprint density at radius 2 is 2.00 bits per heavy atom. The number of carbonyl (C=O) groups is 2. The largest absolute Gasteiger partial charge is 0.461 e. The maximum absolute atomic E-state index is 12.5. The first-order valence-corrected chi connectivity index (χ1v) is 7.91. The molecule has 1 amide bonds. The number of aromatic amines is 1. The molecule has 1 aromatic heterocycles. The van der Waals surface area contributed by atoms with Gasteiger partial charge in [0.05, 0.1) is 18.3 Å². The van der Waals surface area contributed by atoms with Crippen LogP contribution >= 0.6 is 0 Å². The van der Waals surface area contributed by atoms with Crippen molar-refractivity contribution >= 4 is 12.1 Å². The first kappa shape index (κ1) is 17.3. The number of ether oxygens (including phenoxy) is 2. The maximum Gasteiger partial charge on any atom is 0.411 e. The lowest BCUT2D eigenvalue weighted by atomic mass is 9.93. The van der Waals surface area contributed by atoms with E-state index in [9.17, 15) is 9.59 Å². The lowest BCUT2D eigenvalue weighted by Gasteiger charge is -2.39. The summed E-state index contributed by atoms with van der Waals surface area (Å²) in [4.78, 5) is 26.1. The van der Waals surface area contributed by atoms with Gasteiger partial charge in [0.2, 0.25) is 0 Å². The van der Waals surface area contributed by atoms with Crippen LogP contribution < -0.4 is 0 Å². The second-order valence-electron chi connectivity index (χ2n) is 6.80. The topological polar surface area (TPSA) is 84.5 Å². The van der Waals surface area contributed by atoms with Gasteiger partial charge in [0.15, 0.2) is 5.69 Å². The molecule has 0 spiro atoms. The zero-order valence-corrected chi connectivity index (χ0v) is 14.6. The fourth-order valence-electron chi connectivity index (χ4n) is 2.87. The predicted octanol–water partition coefficient (Wildman–Crippen LogP) is 2.83. The van der Waals surface area contributed by atoms with Crippen LogP contribution in [0, 0.1) is 0 Å². The fraction of sp³-hybridized carbons (Fsp3) is 0.688. The summed E-state index contributed by atoms with van der Waals surface area (Å²) in [7, 11) is 0. The second-order valence-corrected chi connectivity index (χ2v) is 6.80. The van der Waals surface area contributed by atoms with E-state index >= 15 is 0 Å². The number of nitrogens with one attached hydrogen (secondary N) is 1. The van der Waals surface area contributed by atoms with Gasteiger partial charge in [-0.1, -0.05) is 0 Å². The molecule has 1 N–H and O–H groups in total. The molecule has 0 radical (unpaired) electrons. The second kappa shape index (κ2) is 6.22. The van der Waals surface area contributed by atoms with Crippen molar-refractivity contribution in [3.8, 4) is 0 Å². The number of rotatable bonds is 2. The van der Waals surface area contributed by atoms with Gasteiger partial charge in [-0.25, -0.2) is 9.59 Å². The summed E-state index contributed by atoms with van der Waals surface area (Å²) in [5.74, 6) is -0.435. The maximum atomic E-state index is 12.5. The number of carbonyl (C=O) groups excluding carboxylic acids is 2. The Balaban J connectivity index is 2.28. The van der Waals surface area contributed by atoms with Crippen LogP contribution in [0.25, 0.3) is 0 Å². The first-order chi connectivity index (χ1) is 10.7. The summed E-state index contributed by atoms with van der Waals surface area (Å²) in [5, 5.41) is 6.97. The zero-order valence-electron chi connectivity index (χ0n) is 14.6. The van der Waals surface area contributed by atoms with Crippen LogP contribution in [-0.2, 0) is 15.9 Å². The molecule has 0 saturated heterocycles. The van der Waals surface area contributed by atoms with Crippen LogP contribution in [-0.4, -0.2) is 45.4 Å². The van der Waals surface area contributed by atoms with Crippen molar-refractivity contribution in [3.63, 3.8) is 0 Å². The molecule has 2 rings (SSSR count). The summed E-state index contributed by atoms with van der Waals surface area (Å²) in [6.45, 7) is 11.4. The van der Waals surface area contributed by atoms with Crippen LogP contribution in [0.1, 0.15) is 69.3 Å². The Hall–Kier alpha value is -2.05. The van der Waals surface area contributed by atoms with Crippen molar-refractivity contribution in [2.75, 3.05) is 6.61 Å². The van der Waals surface area contributed by atoms with Gasteiger partial charge < -0.3 is 9.47 Å². The molecule has 0 aliphatic carbocycles. The summed E-state index contributed by atoms with van der Waals surface area (Å²) < 4.78 is 10.5. The minimum absolute atomic E-state index is 0.0990. The van der Waals surface area contributed by atoms with Gasteiger partial charge in [-0.15, -0.1) is 0 Å². The Morgan fingerprint density at radius 3 is 2.57 bits per heavy atom. The first-order valence-electron chi connectivity index (χ1n) is 7.91. The quantitative estimate of drug-likeness (QED) is 0.846. The van der Waals surface area contributed by atoms with Crippen LogP contribution in [0.3, 0.4) is 0 Å². The van der Waals surface area contributed by atoms with E-state index in [2.05, 4.69) is 10.2 Å². The molecule has 7 nitrogen and oxygen atoms in total. The molecule has 0 bridgehead atoms. The zero-order chi connectivity index (χ0) is 17.4. The molecule has 2 heterocycles. The molecule has 0 aromatic carbocycles. The van der Waals surface area contributed by atoms with Gasteiger partial charge in [-0.05, 0) is 48.0 Å². The highest BCUT2D eigenvalue weighted by molar-refractivity contribution is 5.89. The van der Waals surface area contributed by atoms with Crippen LogP contribution in [0.15, 0.2) is 0 Å². The third-order valence-corrected chi connectivity index (χ3v) is 3.78. The molecule has 0 unspecified atom stereocenters. The predicted molar refractivity (Wildman–Crippen MR) is 84.2 cm³/mol. The van der Waals surface area contributed by atoms with Crippen molar-refractivity contribution in [3.05, 3.63) is 17.0 Å². The number of esters is 1. The summed E-state index contributed by atoms with van der Waals surface area (Å²) in [6, 6.07) is -0.350. The number of aromatic nitrogens is 2. The van der Waals surface area contributed by atoms with Gasteiger partial charge in [-0.3, -0.25) is 10.00 Å². The van der Waals surface area contributed by atoms with E-state index in [1.54, 1.807) is 11.8 Å². The lowest BCUT2D eigenvalue weighted by molar-refractivity contribution is 0.00534. The fourth-order valence-corrected chi connectivity index (χ4v) is 2.87. The number of fused-ring (bicyclic) bond motifs is 1. The smallest absolute Gasteiger partial charge is 0.411 e. The minimum Gasteiger partial charge on any atom is -0.461 e. The number of amides is 1. The van der Waals surface area contributed by atoms with Crippen LogP contribution in [0.5, 0.6) is 0 Å². The number of nitrogens with zero attached hydrogens (tertiary/aromatic N) is 2. The Kier molecular flexibility index (Phi) is 4.68. The molecule has 1 aromatic rings. The minimum atomic E-state index is -0.555. The van der Waals surface area contributed by atoms with Crippen LogP contribution in [0.2, 0.25) is 0 Å². The molecule has 0 fully saturated rings. The highest BCUT2D eigenvalue weighted by Crippen LogP contribution is 2.34. The van der Waals surface area contributed by atoms with Crippen molar-refractivity contribution in [2.24, 2.45) is 0 Å². The molecule has 23 heavy (non-hydrogen) atoms. The number of H-pyrrole nitrogens is 1. The SMILES string of the molecule is CCOC(=O)c1n[nH]c2c1C[C@@H](C)N(C(=O)OC(C)(C)C)[C@H]2C. The van der Waals surface area contributed by atoms with E-state index in [1.165, 1.54) is 0 Å². The molecule has 128 valence electrons. The van der Waals surface area contributed by atoms with E-state index in [-0.39, 0.29) is 18.2 Å². The van der Waals surface area contributed by atoms with Gasteiger partial charge in [0.1, 0.15) is 5.60 Å². The Bertz CT molecular complexity index is 603.